The standard InChI is InChI=1S/C27H28N4O/c32-27(22-9-5-2-6-10-22)30-25-12-11-24-26(29-25)23(19-28-24)21-14-17-31(18-15-21)16-13-20-7-3-1-4-8-20/h1-12,19,21,28H,13-18H2,(H,29,30,32). The molecule has 1 aliphatic rings. The number of carbonyl (C=O) groups excluding carboxylic acids is 1. The van der Waals surface area contributed by atoms with E-state index in [1.165, 1.54) is 11.1 Å². The fourth-order valence-electron chi connectivity index (χ4n) is 4.58. The Morgan fingerprint density at radius 1 is 0.969 bits per heavy atom. The van der Waals surface area contributed by atoms with Gasteiger partial charge in [-0.2, -0.15) is 0 Å². The largest absolute Gasteiger partial charge is 0.360 e. The number of benzene rings is 2. The van der Waals surface area contributed by atoms with Crippen molar-refractivity contribution in [1.29, 1.82) is 0 Å². The summed E-state index contributed by atoms with van der Waals surface area (Å²) < 4.78 is 0. The lowest BCUT2D eigenvalue weighted by molar-refractivity contribution is 0.102. The van der Waals surface area contributed by atoms with Crippen LogP contribution in [-0.2, 0) is 6.42 Å². The highest BCUT2D eigenvalue weighted by molar-refractivity contribution is 6.04. The van der Waals surface area contributed by atoms with Crippen molar-refractivity contribution in [2.75, 3.05) is 25.0 Å². The predicted octanol–water partition coefficient (Wildman–Crippen LogP) is 5.24. The van der Waals surface area contributed by atoms with Gasteiger partial charge in [-0.15, -0.1) is 0 Å². The van der Waals surface area contributed by atoms with E-state index in [-0.39, 0.29) is 5.91 Å². The molecule has 5 heteroatoms. The molecule has 0 bridgehead atoms. The van der Waals surface area contributed by atoms with E-state index in [0.717, 1.165) is 49.9 Å². The quantitative estimate of drug-likeness (QED) is 0.445. The first-order valence-electron chi connectivity index (χ1n) is 11.4. The van der Waals surface area contributed by atoms with Crippen LogP contribution >= 0.6 is 0 Å². The summed E-state index contributed by atoms with van der Waals surface area (Å²) in [5, 5.41) is 2.94. The van der Waals surface area contributed by atoms with Gasteiger partial charge < -0.3 is 15.2 Å². The molecule has 0 atom stereocenters. The predicted molar refractivity (Wildman–Crippen MR) is 129 cm³/mol. The summed E-state index contributed by atoms with van der Waals surface area (Å²) in [5.74, 6) is 0.943. The summed E-state index contributed by atoms with van der Waals surface area (Å²) in [5.41, 5.74) is 5.29. The number of aromatic nitrogens is 2. The van der Waals surface area contributed by atoms with Crippen LogP contribution in [0.15, 0.2) is 79.0 Å². The number of nitrogens with one attached hydrogen (secondary N) is 2. The number of likely N-dealkylation sites (tertiary alicyclic amines) is 1. The molecule has 4 aromatic rings. The molecule has 0 unspecified atom stereocenters. The van der Waals surface area contributed by atoms with Crippen molar-refractivity contribution in [2.24, 2.45) is 0 Å². The molecule has 0 radical (unpaired) electrons. The number of rotatable bonds is 6. The first-order chi connectivity index (χ1) is 15.8. The van der Waals surface area contributed by atoms with Gasteiger partial charge in [0.15, 0.2) is 0 Å². The highest BCUT2D eigenvalue weighted by atomic mass is 16.1. The number of fused-ring (bicyclic) bond motifs is 1. The minimum absolute atomic E-state index is 0.138. The minimum atomic E-state index is -0.138. The van der Waals surface area contributed by atoms with E-state index in [1.54, 1.807) is 12.1 Å². The highest BCUT2D eigenvalue weighted by Gasteiger charge is 2.23. The number of aromatic amines is 1. The summed E-state index contributed by atoms with van der Waals surface area (Å²) >= 11 is 0. The fourth-order valence-corrected chi connectivity index (χ4v) is 4.58. The zero-order chi connectivity index (χ0) is 21.8. The Morgan fingerprint density at radius 2 is 1.69 bits per heavy atom. The summed E-state index contributed by atoms with van der Waals surface area (Å²) in [6.07, 6.45) is 5.46. The number of H-pyrrole nitrogens is 1. The van der Waals surface area contributed by atoms with Crippen LogP contribution in [0.4, 0.5) is 5.82 Å². The van der Waals surface area contributed by atoms with E-state index in [4.69, 9.17) is 4.98 Å². The molecular weight excluding hydrogens is 396 g/mol. The molecule has 0 spiro atoms. The molecule has 5 nitrogen and oxygen atoms in total. The highest BCUT2D eigenvalue weighted by Crippen LogP contribution is 2.33. The molecule has 2 N–H and O–H groups in total. The van der Waals surface area contributed by atoms with Gasteiger partial charge in [0.05, 0.1) is 11.0 Å². The first kappa shape index (κ1) is 20.5. The second-order valence-corrected chi connectivity index (χ2v) is 8.51. The van der Waals surface area contributed by atoms with Crippen molar-refractivity contribution in [3.05, 3.63) is 95.7 Å². The Bertz CT molecular complexity index is 1180. The number of hydrogen-bond acceptors (Lipinski definition) is 3. The Balaban J connectivity index is 1.24. The minimum Gasteiger partial charge on any atom is -0.360 e. The van der Waals surface area contributed by atoms with Gasteiger partial charge in [0.25, 0.3) is 5.91 Å². The Hall–Kier alpha value is -3.44. The summed E-state index contributed by atoms with van der Waals surface area (Å²) in [6, 6.07) is 23.8. The van der Waals surface area contributed by atoms with Crippen molar-refractivity contribution in [3.63, 3.8) is 0 Å². The van der Waals surface area contributed by atoms with E-state index in [0.29, 0.717) is 17.3 Å². The average Bonchev–Trinajstić information content (AvgIpc) is 3.27. The lowest BCUT2D eigenvalue weighted by Crippen LogP contribution is -2.34. The SMILES string of the molecule is O=C(Nc1ccc2[nH]cc(C3CCN(CCc4ccccc4)CC3)c2n1)c1ccccc1. The van der Waals surface area contributed by atoms with Crippen molar-refractivity contribution in [3.8, 4) is 0 Å². The van der Waals surface area contributed by atoms with Crippen LogP contribution < -0.4 is 5.32 Å². The van der Waals surface area contributed by atoms with Crippen molar-refractivity contribution in [1.82, 2.24) is 14.9 Å². The molecule has 1 aliphatic heterocycles. The van der Waals surface area contributed by atoms with Crippen molar-refractivity contribution >= 4 is 22.8 Å². The third-order valence-electron chi connectivity index (χ3n) is 6.42. The molecule has 1 amide bonds. The van der Waals surface area contributed by atoms with Crippen LogP contribution in [0.25, 0.3) is 11.0 Å². The van der Waals surface area contributed by atoms with Gasteiger partial charge in [0.2, 0.25) is 0 Å². The van der Waals surface area contributed by atoms with E-state index < -0.39 is 0 Å². The van der Waals surface area contributed by atoms with Crippen LogP contribution in [0.2, 0.25) is 0 Å². The van der Waals surface area contributed by atoms with Crippen LogP contribution in [0.3, 0.4) is 0 Å². The molecule has 0 aliphatic carbocycles. The third-order valence-corrected chi connectivity index (χ3v) is 6.42. The third kappa shape index (κ3) is 4.58. The molecule has 0 saturated carbocycles. The number of pyridine rings is 1. The summed E-state index contributed by atoms with van der Waals surface area (Å²) in [6.45, 7) is 3.32. The number of amides is 1. The zero-order valence-corrected chi connectivity index (χ0v) is 18.1. The van der Waals surface area contributed by atoms with Crippen molar-refractivity contribution < 1.29 is 4.79 Å². The molecule has 2 aromatic carbocycles. The van der Waals surface area contributed by atoms with Crippen LogP contribution in [0.5, 0.6) is 0 Å². The lowest BCUT2D eigenvalue weighted by atomic mass is 9.90. The number of hydrogen-bond donors (Lipinski definition) is 2. The van der Waals surface area contributed by atoms with Crippen molar-refractivity contribution in [2.45, 2.75) is 25.2 Å². The molecular formula is C27H28N4O. The Kier molecular flexibility index (Phi) is 5.99. The number of carbonyl (C=O) groups is 1. The van der Waals surface area contributed by atoms with E-state index in [1.807, 2.05) is 30.3 Å². The van der Waals surface area contributed by atoms with Gasteiger partial charge in [-0.05, 0) is 73.7 Å². The zero-order valence-electron chi connectivity index (χ0n) is 18.1. The number of piperidine rings is 1. The summed E-state index contributed by atoms with van der Waals surface area (Å²) in [4.78, 5) is 23.2. The van der Waals surface area contributed by atoms with Gasteiger partial charge in [0.1, 0.15) is 5.82 Å². The molecule has 3 heterocycles. The summed E-state index contributed by atoms with van der Waals surface area (Å²) in [7, 11) is 0. The van der Waals surface area contributed by atoms with Crippen LogP contribution in [0.1, 0.15) is 40.2 Å². The lowest BCUT2D eigenvalue weighted by Gasteiger charge is -2.31. The van der Waals surface area contributed by atoms with E-state index in [9.17, 15) is 4.79 Å². The van der Waals surface area contributed by atoms with E-state index >= 15 is 0 Å². The maximum Gasteiger partial charge on any atom is 0.256 e. The van der Waals surface area contributed by atoms with Gasteiger partial charge in [-0.1, -0.05) is 48.5 Å². The average molecular weight is 425 g/mol. The molecule has 1 fully saturated rings. The van der Waals surface area contributed by atoms with Crippen LogP contribution in [0, 0.1) is 0 Å². The second kappa shape index (κ2) is 9.37. The monoisotopic (exact) mass is 424 g/mol. The maximum atomic E-state index is 12.5. The van der Waals surface area contributed by atoms with Gasteiger partial charge in [-0.25, -0.2) is 4.98 Å². The first-order valence-corrected chi connectivity index (χ1v) is 11.4. The molecule has 162 valence electrons. The fraction of sp³-hybridized carbons (Fsp3) is 0.259. The van der Waals surface area contributed by atoms with Gasteiger partial charge in [-0.3, -0.25) is 4.79 Å². The Labute approximate surface area is 188 Å². The van der Waals surface area contributed by atoms with Gasteiger partial charge in [0, 0.05) is 18.3 Å². The topological polar surface area (TPSA) is 61.0 Å². The Morgan fingerprint density at radius 3 is 2.44 bits per heavy atom. The normalized spacial score (nSPS) is 15.1. The maximum absolute atomic E-state index is 12.5. The molecule has 1 saturated heterocycles. The van der Waals surface area contributed by atoms with Gasteiger partial charge >= 0.3 is 0 Å². The molecule has 5 rings (SSSR count). The smallest absolute Gasteiger partial charge is 0.256 e. The second-order valence-electron chi connectivity index (χ2n) is 8.51. The van der Waals surface area contributed by atoms with Crippen LogP contribution in [-0.4, -0.2) is 40.4 Å². The van der Waals surface area contributed by atoms with E-state index in [2.05, 4.69) is 51.7 Å². The number of nitrogens with zero attached hydrogens (tertiary/aromatic N) is 2. The molecule has 32 heavy (non-hydrogen) atoms. The number of anilines is 1. The molecule has 2 aromatic heterocycles.